The van der Waals surface area contributed by atoms with E-state index in [0.29, 0.717) is 0 Å². The summed E-state index contributed by atoms with van der Waals surface area (Å²) >= 11 is 0. The predicted octanol–water partition coefficient (Wildman–Crippen LogP) is 7.02. The molecule has 1 aromatic heterocycles. The highest BCUT2D eigenvalue weighted by atomic mass is 16.5. The van der Waals surface area contributed by atoms with E-state index in [1.54, 1.807) is 12.4 Å². The summed E-state index contributed by atoms with van der Waals surface area (Å²) in [6.45, 7) is 3.04. The van der Waals surface area contributed by atoms with Crippen molar-refractivity contribution < 1.29 is 4.74 Å². The molecule has 0 saturated heterocycles. The van der Waals surface area contributed by atoms with Crippen LogP contribution in [0, 0.1) is 0 Å². The molecule has 0 fully saturated rings. The molecule has 0 aliphatic carbocycles. The first-order chi connectivity index (χ1) is 12.4. The minimum absolute atomic E-state index is 0.785. The molecule has 0 aliphatic heterocycles. The quantitative estimate of drug-likeness (QED) is 0.308. The number of aromatic nitrogens is 1. The van der Waals surface area contributed by atoms with Crippen LogP contribution < -0.4 is 4.74 Å². The third kappa shape index (κ3) is 8.43. The number of ether oxygens (including phenoxy) is 1. The summed E-state index contributed by atoms with van der Waals surface area (Å²) in [5.41, 5.74) is 1.61. The van der Waals surface area contributed by atoms with Gasteiger partial charge in [0.25, 0.3) is 0 Å². The Balaban J connectivity index is 1.60. The maximum atomic E-state index is 5.79. The van der Waals surface area contributed by atoms with E-state index in [2.05, 4.69) is 22.1 Å². The zero-order valence-corrected chi connectivity index (χ0v) is 15.2. The molecule has 0 radical (unpaired) electrons. The first-order valence-corrected chi connectivity index (χ1v) is 9.43. The zero-order chi connectivity index (χ0) is 17.6. The number of pyridine rings is 1. The van der Waals surface area contributed by atoms with Crippen molar-refractivity contribution in [2.45, 2.75) is 58.3 Å². The molecule has 0 bridgehead atoms. The minimum atomic E-state index is 0.785. The smallest absolute Gasteiger partial charge is 0.119 e. The lowest BCUT2D eigenvalue weighted by Crippen LogP contribution is -1.96. The molecular formula is C21H29N3O. The highest BCUT2D eigenvalue weighted by Crippen LogP contribution is 2.21. The SMILES string of the molecule is CCCCCCCCCCOc1ccc(N=Nc2ccncc2)cc1. The van der Waals surface area contributed by atoms with Gasteiger partial charge >= 0.3 is 0 Å². The molecular weight excluding hydrogens is 310 g/mol. The number of azo groups is 1. The summed E-state index contributed by atoms with van der Waals surface area (Å²) in [4.78, 5) is 3.96. The summed E-state index contributed by atoms with van der Waals surface area (Å²) in [6, 6.07) is 11.4. The largest absolute Gasteiger partial charge is 0.494 e. The Labute approximate surface area is 151 Å². The molecule has 1 heterocycles. The van der Waals surface area contributed by atoms with Crippen molar-refractivity contribution in [3.8, 4) is 5.75 Å². The van der Waals surface area contributed by atoms with Crippen LogP contribution in [0.4, 0.5) is 11.4 Å². The molecule has 0 spiro atoms. The van der Waals surface area contributed by atoms with Crippen LogP contribution in [0.3, 0.4) is 0 Å². The van der Waals surface area contributed by atoms with Crippen LogP contribution in [-0.4, -0.2) is 11.6 Å². The van der Waals surface area contributed by atoms with Crippen molar-refractivity contribution in [2.75, 3.05) is 6.61 Å². The Bertz CT molecular complexity index is 596. The standard InChI is InChI=1S/C21H29N3O/c1-2-3-4-5-6-7-8-9-18-25-21-12-10-19(11-13-21)23-24-20-14-16-22-17-15-20/h10-17H,2-9,18H2,1H3. The number of unbranched alkanes of at least 4 members (excludes halogenated alkanes) is 7. The maximum Gasteiger partial charge on any atom is 0.119 e. The Hall–Kier alpha value is -2.23. The van der Waals surface area contributed by atoms with E-state index in [9.17, 15) is 0 Å². The van der Waals surface area contributed by atoms with Gasteiger partial charge in [-0.3, -0.25) is 4.98 Å². The van der Waals surface area contributed by atoms with Gasteiger partial charge in [-0.1, -0.05) is 51.9 Å². The summed E-state index contributed by atoms with van der Waals surface area (Å²) in [7, 11) is 0. The Kier molecular flexibility index (Phi) is 9.30. The van der Waals surface area contributed by atoms with Gasteiger partial charge in [-0.05, 0) is 42.8 Å². The summed E-state index contributed by atoms with van der Waals surface area (Å²) in [5.74, 6) is 0.894. The zero-order valence-electron chi connectivity index (χ0n) is 15.2. The van der Waals surface area contributed by atoms with Crippen LogP contribution in [0.1, 0.15) is 58.3 Å². The minimum Gasteiger partial charge on any atom is -0.494 e. The molecule has 0 atom stereocenters. The fourth-order valence-corrected chi connectivity index (χ4v) is 2.56. The third-order valence-corrected chi connectivity index (χ3v) is 4.05. The Morgan fingerprint density at radius 3 is 1.92 bits per heavy atom. The molecule has 2 aromatic rings. The van der Waals surface area contributed by atoms with Crippen LogP contribution in [0.2, 0.25) is 0 Å². The van der Waals surface area contributed by atoms with E-state index >= 15 is 0 Å². The van der Waals surface area contributed by atoms with Gasteiger partial charge in [-0.25, -0.2) is 0 Å². The van der Waals surface area contributed by atoms with Crippen molar-refractivity contribution in [3.05, 3.63) is 48.8 Å². The lowest BCUT2D eigenvalue weighted by Gasteiger charge is -2.06. The molecule has 1 aromatic carbocycles. The molecule has 0 amide bonds. The highest BCUT2D eigenvalue weighted by Gasteiger charge is 1.96. The molecule has 0 unspecified atom stereocenters. The normalized spacial score (nSPS) is 11.1. The van der Waals surface area contributed by atoms with Crippen molar-refractivity contribution in [2.24, 2.45) is 10.2 Å². The topological polar surface area (TPSA) is 46.8 Å². The fourth-order valence-electron chi connectivity index (χ4n) is 2.56. The van der Waals surface area contributed by atoms with Gasteiger partial charge in [-0.2, -0.15) is 10.2 Å². The molecule has 25 heavy (non-hydrogen) atoms. The Morgan fingerprint density at radius 1 is 0.720 bits per heavy atom. The van der Waals surface area contributed by atoms with E-state index < -0.39 is 0 Å². The van der Waals surface area contributed by atoms with Crippen LogP contribution in [0.15, 0.2) is 59.0 Å². The van der Waals surface area contributed by atoms with Gasteiger partial charge in [-0.15, -0.1) is 0 Å². The average Bonchev–Trinajstić information content (AvgIpc) is 2.67. The van der Waals surface area contributed by atoms with E-state index in [0.717, 1.165) is 30.2 Å². The van der Waals surface area contributed by atoms with Crippen molar-refractivity contribution in [3.63, 3.8) is 0 Å². The summed E-state index contributed by atoms with van der Waals surface area (Å²) in [6.07, 6.45) is 13.9. The molecule has 134 valence electrons. The summed E-state index contributed by atoms with van der Waals surface area (Å²) in [5, 5.41) is 8.38. The van der Waals surface area contributed by atoms with Crippen LogP contribution in [0.25, 0.3) is 0 Å². The second-order valence-electron chi connectivity index (χ2n) is 6.22. The number of benzene rings is 1. The van der Waals surface area contributed by atoms with Crippen LogP contribution in [0.5, 0.6) is 5.75 Å². The highest BCUT2D eigenvalue weighted by molar-refractivity contribution is 5.42. The van der Waals surface area contributed by atoms with Crippen molar-refractivity contribution in [1.29, 1.82) is 0 Å². The molecule has 4 heteroatoms. The van der Waals surface area contributed by atoms with Gasteiger partial charge < -0.3 is 4.74 Å². The van der Waals surface area contributed by atoms with Gasteiger partial charge in [0.15, 0.2) is 0 Å². The van der Waals surface area contributed by atoms with E-state index in [-0.39, 0.29) is 0 Å². The van der Waals surface area contributed by atoms with Crippen molar-refractivity contribution >= 4 is 11.4 Å². The average molecular weight is 339 g/mol. The van der Waals surface area contributed by atoms with E-state index in [4.69, 9.17) is 4.74 Å². The first kappa shape index (κ1) is 19.1. The second-order valence-corrected chi connectivity index (χ2v) is 6.22. The van der Waals surface area contributed by atoms with Gasteiger partial charge in [0, 0.05) is 12.4 Å². The summed E-state index contributed by atoms with van der Waals surface area (Å²) < 4.78 is 5.79. The number of hydrogen-bond donors (Lipinski definition) is 0. The number of nitrogens with zero attached hydrogens (tertiary/aromatic N) is 3. The van der Waals surface area contributed by atoms with Gasteiger partial charge in [0.2, 0.25) is 0 Å². The monoisotopic (exact) mass is 339 g/mol. The van der Waals surface area contributed by atoms with Crippen LogP contribution >= 0.6 is 0 Å². The maximum absolute atomic E-state index is 5.79. The van der Waals surface area contributed by atoms with Crippen LogP contribution in [-0.2, 0) is 0 Å². The lowest BCUT2D eigenvalue weighted by atomic mass is 10.1. The van der Waals surface area contributed by atoms with Gasteiger partial charge in [0.05, 0.1) is 18.0 Å². The number of hydrogen-bond acceptors (Lipinski definition) is 4. The molecule has 0 N–H and O–H groups in total. The second kappa shape index (κ2) is 12.2. The lowest BCUT2D eigenvalue weighted by molar-refractivity contribution is 0.304. The fraction of sp³-hybridized carbons (Fsp3) is 0.476. The number of rotatable bonds is 12. The van der Waals surface area contributed by atoms with E-state index in [1.807, 2.05) is 36.4 Å². The van der Waals surface area contributed by atoms with E-state index in [1.165, 1.54) is 44.9 Å². The van der Waals surface area contributed by atoms with Crippen molar-refractivity contribution in [1.82, 2.24) is 4.98 Å². The molecule has 4 nitrogen and oxygen atoms in total. The molecule has 2 rings (SSSR count). The molecule has 0 saturated carbocycles. The molecule has 0 aliphatic rings. The third-order valence-electron chi connectivity index (χ3n) is 4.05. The first-order valence-electron chi connectivity index (χ1n) is 9.43. The predicted molar refractivity (Wildman–Crippen MR) is 103 cm³/mol. The van der Waals surface area contributed by atoms with Gasteiger partial charge in [0.1, 0.15) is 5.75 Å². The Morgan fingerprint density at radius 2 is 1.28 bits per heavy atom.